The third-order valence-corrected chi connectivity index (χ3v) is 6.28. The van der Waals surface area contributed by atoms with E-state index >= 15 is 0 Å². The SMILES string of the molecule is COc1cc(CCNCC2CC(C)(C(C)C)Oc3ccccc32)cc(OC)c1OC. The van der Waals surface area contributed by atoms with Crippen LogP contribution in [0.2, 0.25) is 0 Å². The van der Waals surface area contributed by atoms with Crippen molar-refractivity contribution < 1.29 is 18.9 Å². The van der Waals surface area contributed by atoms with Gasteiger partial charge in [0, 0.05) is 12.5 Å². The van der Waals surface area contributed by atoms with Crippen molar-refractivity contribution in [1.82, 2.24) is 5.32 Å². The summed E-state index contributed by atoms with van der Waals surface area (Å²) in [5, 5.41) is 3.66. The number of rotatable bonds is 9. The number of para-hydroxylation sites is 1. The van der Waals surface area contributed by atoms with Gasteiger partial charge in [-0.05, 0) is 61.6 Å². The summed E-state index contributed by atoms with van der Waals surface area (Å²) in [7, 11) is 4.92. The summed E-state index contributed by atoms with van der Waals surface area (Å²) in [6.07, 6.45) is 1.89. The lowest BCUT2D eigenvalue weighted by molar-refractivity contribution is 0.0102. The third-order valence-electron chi connectivity index (χ3n) is 6.28. The van der Waals surface area contributed by atoms with Crippen molar-refractivity contribution in [3.05, 3.63) is 47.5 Å². The molecule has 0 spiro atoms. The Morgan fingerprint density at radius 2 is 1.73 bits per heavy atom. The smallest absolute Gasteiger partial charge is 0.203 e. The van der Waals surface area contributed by atoms with Gasteiger partial charge in [0.2, 0.25) is 5.75 Å². The molecule has 1 N–H and O–H groups in total. The molecule has 0 saturated heterocycles. The summed E-state index contributed by atoms with van der Waals surface area (Å²) in [5.74, 6) is 3.92. The normalized spacial score (nSPS) is 20.4. The number of fused-ring (bicyclic) bond motifs is 1. The van der Waals surface area contributed by atoms with Crippen molar-refractivity contribution in [2.45, 2.75) is 45.1 Å². The fourth-order valence-electron chi connectivity index (χ4n) is 4.13. The Bertz CT molecular complexity index is 826. The van der Waals surface area contributed by atoms with Gasteiger partial charge in [-0.3, -0.25) is 0 Å². The van der Waals surface area contributed by atoms with Gasteiger partial charge in [0.15, 0.2) is 11.5 Å². The summed E-state index contributed by atoms with van der Waals surface area (Å²) in [6, 6.07) is 12.5. The van der Waals surface area contributed by atoms with E-state index in [9.17, 15) is 0 Å². The lowest BCUT2D eigenvalue weighted by Crippen LogP contribution is -2.44. The van der Waals surface area contributed by atoms with E-state index in [1.807, 2.05) is 12.1 Å². The summed E-state index contributed by atoms with van der Waals surface area (Å²) in [4.78, 5) is 0. The molecule has 2 unspecified atom stereocenters. The average molecular weight is 414 g/mol. The first-order valence-electron chi connectivity index (χ1n) is 10.7. The molecule has 2 aromatic rings. The standard InChI is InChI=1S/C25H35NO4/c1-17(2)25(3)15-19(20-9-7-8-10-21(20)30-25)16-26-12-11-18-13-22(27-4)24(29-6)23(14-18)28-5/h7-10,13-14,17,19,26H,11-12,15-16H2,1-6H3. The Kier molecular flexibility index (Phi) is 7.14. The van der Waals surface area contributed by atoms with Crippen molar-refractivity contribution >= 4 is 0 Å². The van der Waals surface area contributed by atoms with Crippen LogP contribution in [0, 0.1) is 5.92 Å². The third kappa shape index (κ3) is 4.67. The van der Waals surface area contributed by atoms with Crippen LogP contribution in [0.25, 0.3) is 0 Å². The van der Waals surface area contributed by atoms with E-state index in [4.69, 9.17) is 18.9 Å². The number of benzene rings is 2. The Labute approximate surface area is 180 Å². The van der Waals surface area contributed by atoms with Crippen LogP contribution in [0.15, 0.2) is 36.4 Å². The molecular weight excluding hydrogens is 378 g/mol. The van der Waals surface area contributed by atoms with E-state index in [2.05, 4.69) is 50.4 Å². The second kappa shape index (κ2) is 9.61. The Morgan fingerprint density at radius 1 is 1.07 bits per heavy atom. The predicted octanol–water partition coefficient (Wildman–Crippen LogP) is 4.83. The van der Waals surface area contributed by atoms with Crippen LogP contribution in [0.3, 0.4) is 0 Å². The number of hydrogen-bond acceptors (Lipinski definition) is 5. The van der Waals surface area contributed by atoms with Crippen molar-refractivity contribution in [2.24, 2.45) is 5.92 Å². The van der Waals surface area contributed by atoms with Gasteiger partial charge in [-0.2, -0.15) is 0 Å². The molecule has 0 saturated carbocycles. The van der Waals surface area contributed by atoms with Gasteiger partial charge in [0.1, 0.15) is 11.4 Å². The second-order valence-corrected chi connectivity index (χ2v) is 8.50. The highest BCUT2D eigenvalue weighted by Crippen LogP contribution is 2.43. The maximum Gasteiger partial charge on any atom is 0.203 e. The molecule has 0 radical (unpaired) electrons. The van der Waals surface area contributed by atoms with Gasteiger partial charge < -0.3 is 24.3 Å². The molecule has 3 rings (SSSR count). The molecular formula is C25H35NO4. The maximum absolute atomic E-state index is 6.39. The summed E-state index contributed by atoms with van der Waals surface area (Å²) < 4.78 is 22.7. The molecule has 5 nitrogen and oxygen atoms in total. The number of ether oxygens (including phenoxy) is 4. The van der Waals surface area contributed by atoms with Gasteiger partial charge in [-0.25, -0.2) is 0 Å². The fraction of sp³-hybridized carbons (Fsp3) is 0.520. The lowest BCUT2D eigenvalue weighted by Gasteiger charge is -2.42. The quantitative estimate of drug-likeness (QED) is 0.597. The highest BCUT2D eigenvalue weighted by atomic mass is 16.5. The van der Waals surface area contributed by atoms with Crippen LogP contribution in [-0.2, 0) is 6.42 Å². The van der Waals surface area contributed by atoms with Gasteiger partial charge in [-0.1, -0.05) is 32.0 Å². The molecule has 164 valence electrons. The summed E-state index contributed by atoms with van der Waals surface area (Å²) in [5.41, 5.74) is 2.31. The number of hydrogen-bond donors (Lipinski definition) is 1. The first kappa shape index (κ1) is 22.3. The molecule has 1 aliphatic rings. The molecule has 2 atom stereocenters. The van der Waals surface area contributed by atoms with Crippen LogP contribution in [0.1, 0.15) is 44.2 Å². The molecule has 1 heterocycles. The zero-order chi connectivity index (χ0) is 21.7. The van der Waals surface area contributed by atoms with Crippen LogP contribution in [0.5, 0.6) is 23.0 Å². The Balaban J connectivity index is 1.65. The van der Waals surface area contributed by atoms with E-state index in [1.54, 1.807) is 21.3 Å². The van der Waals surface area contributed by atoms with E-state index < -0.39 is 0 Å². The lowest BCUT2D eigenvalue weighted by atomic mass is 9.78. The van der Waals surface area contributed by atoms with E-state index in [1.165, 1.54) is 5.56 Å². The highest BCUT2D eigenvalue weighted by Gasteiger charge is 2.39. The minimum atomic E-state index is -0.141. The topological polar surface area (TPSA) is 49.0 Å². The Morgan fingerprint density at radius 3 is 2.33 bits per heavy atom. The largest absolute Gasteiger partial charge is 0.493 e. The molecule has 1 aliphatic heterocycles. The van der Waals surface area contributed by atoms with Crippen molar-refractivity contribution in [3.8, 4) is 23.0 Å². The first-order chi connectivity index (χ1) is 14.4. The van der Waals surface area contributed by atoms with E-state index in [0.717, 1.165) is 37.2 Å². The van der Waals surface area contributed by atoms with E-state index in [-0.39, 0.29) is 5.60 Å². The Hall–Kier alpha value is -2.40. The molecule has 0 fully saturated rings. The van der Waals surface area contributed by atoms with Crippen molar-refractivity contribution in [1.29, 1.82) is 0 Å². The molecule has 2 aromatic carbocycles. The van der Waals surface area contributed by atoms with Crippen LogP contribution in [0.4, 0.5) is 0 Å². The van der Waals surface area contributed by atoms with Crippen LogP contribution < -0.4 is 24.3 Å². The summed E-state index contributed by atoms with van der Waals surface area (Å²) >= 11 is 0. The zero-order valence-corrected chi connectivity index (χ0v) is 19.1. The van der Waals surface area contributed by atoms with Gasteiger partial charge in [0.05, 0.1) is 21.3 Å². The second-order valence-electron chi connectivity index (χ2n) is 8.50. The van der Waals surface area contributed by atoms with Crippen LogP contribution >= 0.6 is 0 Å². The molecule has 30 heavy (non-hydrogen) atoms. The van der Waals surface area contributed by atoms with Crippen molar-refractivity contribution in [3.63, 3.8) is 0 Å². The maximum atomic E-state index is 6.39. The molecule has 0 aliphatic carbocycles. The monoisotopic (exact) mass is 413 g/mol. The fourth-order valence-corrected chi connectivity index (χ4v) is 4.13. The highest BCUT2D eigenvalue weighted by molar-refractivity contribution is 5.53. The molecule has 5 heteroatoms. The molecule has 0 aromatic heterocycles. The van der Waals surface area contributed by atoms with Gasteiger partial charge in [0.25, 0.3) is 0 Å². The van der Waals surface area contributed by atoms with E-state index in [0.29, 0.717) is 29.1 Å². The van der Waals surface area contributed by atoms with Crippen molar-refractivity contribution in [2.75, 3.05) is 34.4 Å². The molecule has 0 bridgehead atoms. The van der Waals surface area contributed by atoms with Gasteiger partial charge >= 0.3 is 0 Å². The first-order valence-corrected chi connectivity index (χ1v) is 10.7. The zero-order valence-electron chi connectivity index (χ0n) is 19.1. The average Bonchev–Trinajstić information content (AvgIpc) is 2.75. The minimum Gasteiger partial charge on any atom is -0.493 e. The predicted molar refractivity (Wildman–Crippen MR) is 120 cm³/mol. The van der Waals surface area contributed by atoms with Crippen LogP contribution in [-0.4, -0.2) is 40.0 Å². The number of nitrogens with one attached hydrogen (secondary N) is 1. The minimum absolute atomic E-state index is 0.141. The summed E-state index contributed by atoms with van der Waals surface area (Å²) in [6.45, 7) is 8.51. The molecule has 0 amide bonds. The van der Waals surface area contributed by atoms with Gasteiger partial charge in [-0.15, -0.1) is 0 Å². The number of methoxy groups -OCH3 is 3.